The number of hydrogen-bond acceptors (Lipinski definition) is 3. The second-order valence-electron chi connectivity index (χ2n) is 4.53. The zero-order valence-corrected chi connectivity index (χ0v) is 13.1. The van der Waals surface area contributed by atoms with Crippen molar-refractivity contribution in [2.45, 2.75) is 6.42 Å². The van der Waals surface area contributed by atoms with Crippen LogP contribution in [0.1, 0.15) is 11.1 Å². The molecule has 0 spiro atoms. The minimum Gasteiger partial charge on any atom is -0.280 e. The minimum absolute atomic E-state index is 0.295. The van der Waals surface area contributed by atoms with Crippen molar-refractivity contribution in [3.05, 3.63) is 70.1 Å². The molecule has 22 heavy (non-hydrogen) atoms. The van der Waals surface area contributed by atoms with E-state index in [1.54, 1.807) is 48.5 Å². The molecule has 0 unspecified atom stereocenters. The third-order valence-electron chi connectivity index (χ3n) is 2.81. The Hall–Kier alpha value is -2.29. The Labute approximate surface area is 134 Å². The van der Waals surface area contributed by atoms with E-state index in [0.29, 0.717) is 17.1 Å². The second-order valence-corrected chi connectivity index (χ2v) is 6.54. The number of nitriles is 1. The lowest BCUT2D eigenvalue weighted by atomic mass is 10.1. The van der Waals surface area contributed by atoms with Crippen LogP contribution in [0.5, 0.6) is 0 Å². The lowest BCUT2D eigenvalue weighted by Gasteiger charge is -2.05. The largest absolute Gasteiger partial charge is 0.280 e. The second kappa shape index (κ2) is 7.12. The predicted molar refractivity (Wildman–Crippen MR) is 88.8 cm³/mol. The SMILES string of the molecule is N#CCc1ccc(NS(=O)(=O)/C=C/c2ccc(Cl)cc2)cc1. The number of rotatable bonds is 5. The summed E-state index contributed by atoms with van der Waals surface area (Å²) in [5, 5.41) is 10.3. The first-order valence-corrected chi connectivity index (χ1v) is 8.33. The highest BCUT2D eigenvalue weighted by Gasteiger charge is 2.05. The van der Waals surface area contributed by atoms with Gasteiger partial charge in [0.1, 0.15) is 0 Å². The van der Waals surface area contributed by atoms with Crippen LogP contribution in [-0.4, -0.2) is 8.42 Å². The molecule has 0 bridgehead atoms. The van der Waals surface area contributed by atoms with E-state index in [1.165, 1.54) is 6.08 Å². The average Bonchev–Trinajstić information content (AvgIpc) is 2.49. The van der Waals surface area contributed by atoms with E-state index in [9.17, 15) is 8.42 Å². The Kier molecular flexibility index (Phi) is 5.21. The molecule has 0 aliphatic rings. The first-order valence-electron chi connectivity index (χ1n) is 6.41. The Morgan fingerprint density at radius 2 is 1.73 bits per heavy atom. The van der Waals surface area contributed by atoms with Gasteiger partial charge in [0.15, 0.2) is 0 Å². The zero-order chi connectivity index (χ0) is 16.0. The summed E-state index contributed by atoms with van der Waals surface area (Å²) in [4.78, 5) is 0. The highest BCUT2D eigenvalue weighted by atomic mass is 35.5. The lowest BCUT2D eigenvalue weighted by molar-refractivity contribution is 0.609. The molecule has 6 heteroatoms. The van der Waals surface area contributed by atoms with Crippen molar-refractivity contribution in [1.29, 1.82) is 5.26 Å². The van der Waals surface area contributed by atoms with E-state index in [2.05, 4.69) is 4.72 Å². The van der Waals surface area contributed by atoms with Crippen molar-refractivity contribution in [3.63, 3.8) is 0 Å². The highest BCUT2D eigenvalue weighted by molar-refractivity contribution is 7.95. The Bertz CT molecular complexity index is 805. The first-order chi connectivity index (χ1) is 10.5. The summed E-state index contributed by atoms with van der Waals surface area (Å²) in [7, 11) is -3.60. The van der Waals surface area contributed by atoms with Gasteiger partial charge in [-0.05, 0) is 41.5 Å². The van der Waals surface area contributed by atoms with Gasteiger partial charge in [0.2, 0.25) is 0 Å². The topological polar surface area (TPSA) is 70.0 Å². The van der Waals surface area contributed by atoms with Gasteiger partial charge in [-0.25, -0.2) is 8.42 Å². The van der Waals surface area contributed by atoms with Gasteiger partial charge in [-0.2, -0.15) is 5.26 Å². The van der Waals surface area contributed by atoms with Gasteiger partial charge in [0, 0.05) is 10.7 Å². The van der Waals surface area contributed by atoms with E-state index in [0.717, 1.165) is 16.5 Å². The third kappa shape index (κ3) is 4.92. The van der Waals surface area contributed by atoms with E-state index < -0.39 is 10.0 Å². The van der Waals surface area contributed by atoms with Crippen LogP contribution in [0, 0.1) is 11.3 Å². The van der Waals surface area contributed by atoms with Gasteiger partial charge in [-0.3, -0.25) is 4.72 Å². The number of nitrogens with zero attached hydrogens (tertiary/aromatic N) is 1. The lowest BCUT2D eigenvalue weighted by Crippen LogP contribution is -2.08. The molecule has 2 aromatic rings. The van der Waals surface area contributed by atoms with E-state index in [4.69, 9.17) is 16.9 Å². The summed E-state index contributed by atoms with van der Waals surface area (Å²) >= 11 is 5.77. The highest BCUT2D eigenvalue weighted by Crippen LogP contribution is 2.14. The number of anilines is 1. The Morgan fingerprint density at radius 1 is 1.09 bits per heavy atom. The quantitative estimate of drug-likeness (QED) is 0.904. The van der Waals surface area contributed by atoms with Crippen LogP contribution >= 0.6 is 11.6 Å². The molecular formula is C16H13ClN2O2S. The normalized spacial score (nSPS) is 11.3. The summed E-state index contributed by atoms with van der Waals surface area (Å²) in [6.45, 7) is 0. The molecule has 0 aromatic heterocycles. The van der Waals surface area contributed by atoms with Crippen LogP contribution < -0.4 is 4.72 Å². The maximum atomic E-state index is 12.0. The maximum absolute atomic E-state index is 12.0. The summed E-state index contributed by atoms with van der Waals surface area (Å²) in [6, 6.07) is 15.5. The van der Waals surface area contributed by atoms with Crippen LogP contribution in [-0.2, 0) is 16.4 Å². The molecule has 112 valence electrons. The average molecular weight is 333 g/mol. The van der Waals surface area contributed by atoms with Crippen LogP contribution in [0.2, 0.25) is 5.02 Å². The van der Waals surface area contributed by atoms with Gasteiger partial charge in [-0.15, -0.1) is 0 Å². The van der Waals surface area contributed by atoms with Crippen LogP contribution in [0.4, 0.5) is 5.69 Å². The zero-order valence-electron chi connectivity index (χ0n) is 11.5. The van der Waals surface area contributed by atoms with Crippen molar-refractivity contribution in [3.8, 4) is 6.07 Å². The van der Waals surface area contributed by atoms with Gasteiger partial charge in [0.05, 0.1) is 17.9 Å². The van der Waals surface area contributed by atoms with E-state index in [1.807, 2.05) is 6.07 Å². The molecule has 1 N–H and O–H groups in total. The molecule has 0 atom stereocenters. The molecular weight excluding hydrogens is 320 g/mol. The molecule has 0 aliphatic heterocycles. The Morgan fingerprint density at radius 3 is 2.32 bits per heavy atom. The standard InChI is InChI=1S/C16H13ClN2O2S/c17-15-5-1-14(2-6-15)10-12-22(20,21)19-16-7-3-13(4-8-16)9-11-18/h1-8,10,12,19H,9H2/b12-10+. The summed E-state index contributed by atoms with van der Waals surface area (Å²) < 4.78 is 26.4. The molecule has 0 saturated heterocycles. The molecule has 0 saturated carbocycles. The first kappa shape index (κ1) is 16.1. The molecule has 2 aromatic carbocycles. The van der Waals surface area contributed by atoms with Gasteiger partial charge >= 0.3 is 0 Å². The number of sulfonamides is 1. The fraction of sp³-hybridized carbons (Fsp3) is 0.0625. The van der Waals surface area contributed by atoms with E-state index in [-0.39, 0.29) is 0 Å². The van der Waals surface area contributed by atoms with Crippen molar-refractivity contribution in [2.24, 2.45) is 0 Å². The fourth-order valence-electron chi connectivity index (χ4n) is 1.72. The smallest absolute Gasteiger partial charge is 0.255 e. The molecule has 2 rings (SSSR count). The number of halogens is 1. The van der Waals surface area contributed by atoms with Gasteiger partial charge in [0.25, 0.3) is 10.0 Å². The maximum Gasteiger partial charge on any atom is 0.255 e. The van der Waals surface area contributed by atoms with Crippen molar-refractivity contribution >= 4 is 33.4 Å². The molecule has 0 amide bonds. The van der Waals surface area contributed by atoms with Gasteiger partial charge in [-0.1, -0.05) is 35.9 Å². The molecule has 0 fully saturated rings. The third-order valence-corrected chi connectivity index (χ3v) is 4.07. The molecule has 0 radical (unpaired) electrons. The summed E-state index contributed by atoms with van der Waals surface area (Å²) in [5.41, 5.74) is 2.02. The van der Waals surface area contributed by atoms with Crippen molar-refractivity contribution in [1.82, 2.24) is 0 Å². The van der Waals surface area contributed by atoms with Crippen LogP contribution in [0.25, 0.3) is 6.08 Å². The van der Waals surface area contributed by atoms with Crippen molar-refractivity contribution in [2.75, 3.05) is 4.72 Å². The molecule has 0 aliphatic carbocycles. The van der Waals surface area contributed by atoms with Crippen molar-refractivity contribution < 1.29 is 8.42 Å². The predicted octanol–water partition coefficient (Wildman–Crippen LogP) is 3.82. The Balaban J connectivity index is 2.07. The van der Waals surface area contributed by atoms with Gasteiger partial charge < -0.3 is 0 Å². The molecule has 0 heterocycles. The van der Waals surface area contributed by atoms with Crippen LogP contribution in [0.3, 0.4) is 0 Å². The number of hydrogen-bond donors (Lipinski definition) is 1. The number of benzene rings is 2. The summed E-state index contributed by atoms with van der Waals surface area (Å²) in [6.07, 6.45) is 1.78. The number of nitrogens with one attached hydrogen (secondary N) is 1. The van der Waals surface area contributed by atoms with Crippen LogP contribution in [0.15, 0.2) is 53.9 Å². The minimum atomic E-state index is -3.60. The monoisotopic (exact) mass is 332 g/mol. The summed E-state index contributed by atoms with van der Waals surface area (Å²) in [5.74, 6) is 0. The molecule has 4 nitrogen and oxygen atoms in total. The van der Waals surface area contributed by atoms with E-state index >= 15 is 0 Å². The fourth-order valence-corrected chi connectivity index (χ4v) is 2.72.